The molecule has 0 spiro atoms. The summed E-state index contributed by atoms with van der Waals surface area (Å²) in [6, 6.07) is 17.6. The Balaban J connectivity index is 1.65. The van der Waals surface area contributed by atoms with Crippen LogP contribution in [0, 0.1) is 0 Å². The molecule has 3 rings (SSSR count). The summed E-state index contributed by atoms with van der Waals surface area (Å²) in [6.07, 6.45) is 3.31. The highest BCUT2D eigenvalue weighted by Crippen LogP contribution is 2.20. The molecule has 6 nitrogen and oxygen atoms in total. The number of hydrogen-bond donors (Lipinski definition) is 2. The lowest BCUT2D eigenvalue weighted by molar-refractivity contribution is -0.115. The van der Waals surface area contributed by atoms with Crippen LogP contribution >= 0.6 is 0 Å². The number of ether oxygens (including phenoxy) is 1. The second-order valence-electron chi connectivity index (χ2n) is 5.81. The third-order valence-electron chi connectivity index (χ3n) is 3.89. The SMILES string of the molecule is COc1ccccc1CC(=O)Nc1cccc(NC(=O)c2ccncc2)c1. The topological polar surface area (TPSA) is 80.3 Å². The lowest BCUT2D eigenvalue weighted by Crippen LogP contribution is -2.16. The van der Waals surface area contributed by atoms with E-state index < -0.39 is 0 Å². The van der Waals surface area contributed by atoms with E-state index >= 15 is 0 Å². The number of anilines is 2. The second-order valence-corrected chi connectivity index (χ2v) is 5.81. The Labute approximate surface area is 157 Å². The van der Waals surface area contributed by atoms with Crippen molar-refractivity contribution < 1.29 is 14.3 Å². The van der Waals surface area contributed by atoms with Crippen LogP contribution in [-0.2, 0) is 11.2 Å². The normalized spacial score (nSPS) is 10.1. The van der Waals surface area contributed by atoms with Crippen molar-refractivity contribution in [3.8, 4) is 5.75 Å². The first-order valence-corrected chi connectivity index (χ1v) is 8.39. The standard InChI is InChI=1S/C21H19N3O3/c1-27-19-8-3-2-5-16(19)13-20(25)23-17-6-4-7-18(14-17)24-21(26)15-9-11-22-12-10-15/h2-12,14H,13H2,1H3,(H,23,25)(H,24,26). The molecule has 0 aliphatic heterocycles. The Bertz CT molecular complexity index is 942. The molecule has 136 valence electrons. The van der Waals surface area contributed by atoms with Gasteiger partial charge in [0.25, 0.3) is 5.91 Å². The Morgan fingerprint density at radius 3 is 2.37 bits per heavy atom. The molecule has 0 saturated carbocycles. The van der Waals surface area contributed by atoms with Gasteiger partial charge in [-0.15, -0.1) is 0 Å². The number of aromatic nitrogens is 1. The number of pyridine rings is 1. The van der Waals surface area contributed by atoms with E-state index in [-0.39, 0.29) is 18.2 Å². The quantitative estimate of drug-likeness (QED) is 0.704. The molecule has 2 aromatic carbocycles. The fraction of sp³-hybridized carbons (Fsp3) is 0.0952. The highest BCUT2D eigenvalue weighted by atomic mass is 16.5. The third-order valence-corrected chi connectivity index (χ3v) is 3.89. The molecule has 2 amide bonds. The van der Waals surface area contributed by atoms with Crippen LogP contribution in [-0.4, -0.2) is 23.9 Å². The predicted molar refractivity (Wildman–Crippen MR) is 104 cm³/mol. The van der Waals surface area contributed by atoms with E-state index in [2.05, 4.69) is 15.6 Å². The van der Waals surface area contributed by atoms with Crippen LogP contribution in [0.5, 0.6) is 5.75 Å². The molecule has 3 aromatic rings. The molecule has 0 atom stereocenters. The smallest absolute Gasteiger partial charge is 0.255 e. The molecule has 0 radical (unpaired) electrons. The number of amides is 2. The molecule has 6 heteroatoms. The number of rotatable bonds is 6. The van der Waals surface area contributed by atoms with Gasteiger partial charge in [-0.25, -0.2) is 0 Å². The minimum atomic E-state index is -0.241. The fourth-order valence-electron chi connectivity index (χ4n) is 2.61. The minimum Gasteiger partial charge on any atom is -0.496 e. The number of hydrogen-bond acceptors (Lipinski definition) is 4. The van der Waals surface area contributed by atoms with Gasteiger partial charge in [0.15, 0.2) is 0 Å². The van der Waals surface area contributed by atoms with Gasteiger partial charge in [0.2, 0.25) is 5.91 Å². The highest BCUT2D eigenvalue weighted by molar-refractivity contribution is 6.04. The van der Waals surface area contributed by atoms with Gasteiger partial charge in [-0.1, -0.05) is 24.3 Å². The Hall–Kier alpha value is -3.67. The van der Waals surface area contributed by atoms with Gasteiger partial charge in [-0.2, -0.15) is 0 Å². The van der Waals surface area contributed by atoms with Crippen LogP contribution < -0.4 is 15.4 Å². The lowest BCUT2D eigenvalue weighted by atomic mass is 10.1. The van der Waals surface area contributed by atoms with Crippen molar-refractivity contribution in [1.82, 2.24) is 4.98 Å². The van der Waals surface area contributed by atoms with E-state index in [0.717, 1.165) is 5.56 Å². The van der Waals surface area contributed by atoms with Gasteiger partial charge in [0.1, 0.15) is 5.75 Å². The number of nitrogens with one attached hydrogen (secondary N) is 2. The fourth-order valence-corrected chi connectivity index (χ4v) is 2.61. The molecule has 2 N–H and O–H groups in total. The monoisotopic (exact) mass is 361 g/mol. The van der Waals surface area contributed by atoms with Crippen LogP contribution in [0.4, 0.5) is 11.4 Å². The summed E-state index contributed by atoms with van der Waals surface area (Å²) in [5.74, 6) is 0.262. The van der Waals surface area contributed by atoms with Gasteiger partial charge in [-0.05, 0) is 36.4 Å². The summed E-state index contributed by atoms with van der Waals surface area (Å²) >= 11 is 0. The number of benzene rings is 2. The molecule has 1 aromatic heterocycles. The summed E-state index contributed by atoms with van der Waals surface area (Å²) < 4.78 is 5.27. The molecular weight excluding hydrogens is 342 g/mol. The van der Waals surface area contributed by atoms with Crippen molar-refractivity contribution in [2.75, 3.05) is 17.7 Å². The van der Waals surface area contributed by atoms with Crippen LogP contribution in [0.25, 0.3) is 0 Å². The van der Waals surface area contributed by atoms with Crippen molar-refractivity contribution in [2.24, 2.45) is 0 Å². The van der Waals surface area contributed by atoms with Crippen molar-refractivity contribution in [1.29, 1.82) is 0 Å². The number of methoxy groups -OCH3 is 1. The van der Waals surface area contributed by atoms with Crippen LogP contribution in [0.3, 0.4) is 0 Å². The van der Waals surface area contributed by atoms with Crippen molar-refractivity contribution in [3.63, 3.8) is 0 Å². The third kappa shape index (κ3) is 4.92. The van der Waals surface area contributed by atoms with E-state index in [4.69, 9.17) is 4.74 Å². The first-order valence-electron chi connectivity index (χ1n) is 8.39. The number of carbonyl (C=O) groups is 2. The first-order chi connectivity index (χ1) is 13.2. The van der Waals surface area contributed by atoms with Gasteiger partial charge >= 0.3 is 0 Å². The first kappa shape index (κ1) is 18.1. The second kappa shape index (κ2) is 8.62. The summed E-state index contributed by atoms with van der Waals surface area (Å²) in [5.41, 5.74) is 2.50. The zero-order valence-electron chi connectivity index (χ0n) is 14.8. The molecule has 0 unspecified atom stereocenters. The van der Waals surface area contributed by atoms with Crippen molar-refractivity contribution >= 4 is 23.2 Å². The molecule has 0 saturated heterocycles. The maximum absolute atomic E-state index is 12.3. The Kier molecular flexibility index (Phi) is 5.79. The van der Waals surface area contributed by atoms with Crippen LogP contribution in [0.2, 0.25) is 0 Å². The van der Waals surface area contributed by atoms with E-state index in [0.29, 0.717) is 22.7 Å². The molecular formula is C21H19N3O3. The Morgan fingerprint density at radius 2 is 1.63 bits per heavy atom. The molecule has 0 aliphatic carbocycles. The van der Waals surface area contributed by atoms with Crippen molar-refractivity contribution in [2.45, 2.75) is 6.42 Å². The van der Waals surface area contributed by atoms with Gasteiger partial charge in [0, 0.05) is 34.9 Å². The molecule has 0 fully saturated rings. The van der Waals surface area contributed by atoms with Gasteiger partial charge in [-0.3, -0.25) is 14.6 Å². The van der Waals surface area contributed by atoms with E-state index in [1.807, 2.05) is 24.3 Å². The maximum Gasteiger partial charge on any atom is 0.255 e. The van der Waals surface area contributed by atoms with E-state index in [1.165, 1.54) is 0 Å². The maximum atomic E-state index is 12.3. The highest BCUT2D eigenvalue weighted by Gasteiger charge is 2.10. The molecule has 27 heavy (non-hydrogen) atoms. The number of carbonyl (C=O) groups excluding carboxylic acids is 2. The largest absolute Gasteiger partial charge is 0.496 e. The average Bonchev–Trinajstić information content (AvgIpc) is 2.69. The molecule has 0 bridgehead atoms. The van der Waals surface area contributed by atoms with Gasteiger partial charge in [0.05, 0.1) is 13.5 Å². The number of para-hydroxylation sites is 1. The number of nitrogens with zero attached hydrogens (tertiary/aromatic N) is 1. The van der Waals surface area contributed by atoms with Crippen LogP contribution in [0.1, 0.15) is 15.9 Å². The minimum absolute atomic E-state index is 0.169. The van der Waals surface area contributed by atoms with E-state index in [9.17, 15) is 9.59 Å². The van der Waals surface area contributed by atoms with Gasteiger partial charge < -0.3 is 15.4 Å². The summed E-state index contributed by atoms with van der Waals surface area (Å²) in [4.78, 5) is 28.5. The average molecular weight is 361 g/mol. The van der Waals surface area contributed by atoms with Crippen molar-refractivity contribution in [3.05, 3.63) is 84.2 Å². The molecule has 0 aliphatic rings. The summed E-state index contributed by atoms with van der Waals surface area (Å²) in [7, 11) is 1.58. The Morgan fingerprint density at radius 1 is 0.926 bits per heavy atom. The predicted octanol–water partition coefficient (Wildman–Crippen LogP) is 3.52. The zero-order chi connectivity index (χ0) is 19.1. The molecule has 1 heterocycles. The van der Waals surface area contributed by atoms with Crippen LogP contribution in [0.15, 0.2) is 73.1 Å². The summed E-state index contributed by atoms with van der Waals surface area (Å²) in [6.45, 7) is 0. The summed E-state index contributed by atoms with van der Waals surface area (Å²) in [5, 5.41) is 5.64. The lowest BCUT2D eigenvalue weighted by Gasteiger charge is -2.10. The van der Waals surface area contributed by atoms with E-state index in [1.54, 1.807) is 55.9 Å². The zero-order valence-corrected chi connectivity index (χ0v) is 14.8.